The summed E-state index contributed by atoms with van der Waals surface area (Å²) in [4.78, 5) is 23.3. The first kappa shape index (κ1) is 21.2. The summed E-state index contributed by atoms with van der Waals surface area (Å²) >= 11 is 1.23. The van der Waals surface area contributed by atoms with Gasteiger partial charge in [-0.3, -0.25) is 4.79 Å². The normalized spacial score (nSPS) is 10.7. The van der Waals surface area contributed by atoms with E-state index in [1.54, 1.807) is 28.8 Å². The predicted molar refractivity (Wildman–Crippen MR) is 106 cm³/mol. The van der Waals surface area contributed by atoms with Crippen LogP contribution in [0.15, 0.2) is 29.4 Å². The molecular weight excluding hydrogens is 414 g/mol. The van der Waals surface area contributed by atoms with Crippen LogP contribution in [0.5, 0.6) is 5.75 Å². The Balaban J connectivity index is 1.58. The number of thioether (sulfide) groups is 1. The third kappa shape index (κ3) is 5.28. The van der Waals surface area contributed by atoms with Crippen molar-refractivity contribution in [1.29, 1.82) is 0 Å². The average molecular weight is 433 g/mol. The smallest absolute Gasteiger partial charge is 0.494 e. The lowest BCUT2D eigenvalue weighted by Gasteiger charge is -2.08. The van der Waals surface area contributed by atoms with Gasteiger partial charge in [-0.2, -0.15) is 0 Å². The van der Waals surface area contributed by atoms with E-state index in [4.69, 9.17) is 4.74 Å². The third-order valence-electron chi connectivity index (χ3n) is 3.78. The van der Waals surface area contributed by atoms with E-state index in [0.717, 1.165) is 10.5 Å². The van der Waals surface area contributed by atoms with Gasteiger partial charge in [0.2, 0.25) is 5.91 Å². The van der Waals surface area contributed by atoms with Crippen LogP contribution in [0, 0.1) is 10.1 Å². The fourth-order valence-corrected chi connectivity index (χ4v) is 3.31. The molecule has 0 aliphatic rings. The molecule has 14 heteroatoms. The van der Waals surface area contributed by atoms with Gasteiger partial charge in [0, 0.05) is 17.4 Å². The summed E-state index contributed by atoms with van der Waals surface area (Å²) in [6, 6.07) is 7.11. The maximum absolute atomic E-state index is 12.2. The average Bonchev–Trinajstić information content (AvgIpc) is 3.35. The van der Waals surface area contributed by atoms with Crippen LogP contribution < -0.4 is 10.1 Å². The molecule has 1 amide bonds. The van der Waals surface area contributed by atoms with Crippen molar-refractivity contribution >= 4 is 29.3 Å². The number of nitro groups is 1. The van der Waals surface area contributed by atoms with Crippen LogP contribution in [0.2, 0.25) is 0 Å². The molecule has 0 spiro atoms. The summed E-state index contributed by atoms with van der Waals surface area (Å²) in [6.07, 6.45) is 0. The summed E-state index contributed by atoms with van der Waals surface area (Å²) in [5.41, 5.74) is 0.667. The lowest BCUT2D eigenvalue weighted by atomic mass is 10.3. The van der Waals surface area contributed by atoms with Crippen LogP contribution in [0.25, 0.3) is 0 Å². The van der Waals surface area contributed by atoms with Crippen LogP contribution in [-0.2, 0) is 17.9 Å². The Morgan fingerprint density at radius 2 is 2.00 bits per heavy atom. The number of tetrazole rings is 1. The Kier molecular flexibility index (Phi) is 6.90. The van der Waals surface area contributed by atoms with Gasteiger partial charge in [0.1, 0.15) is 12.3 Å². The number of benzene rings is 1. The van der Waals surface area contributed by atoms with E-state index in [2.05, 4.69) is 30.9 Å². The summed E-state index contributed by atoms with van der Waals surface area (Å²) in [5.74, 6) is 0.598. The van der Waals surface area contributed by atoms with Crippen LogP contribution in [0.3, 0.4) is 0 Å². The number of hydrogen-bond donors (Lipinski definition) is 1. The van der Waals surface area contributed by atoms with Gasteiger partial charge in [0.25, 0.3) is 0 Å². The van der Waals surface area contributed by atoms with Gasteiger partial charge in [-0.25, -0.2) is 0 Å². The lowest BCUT2D eigenvalue weighted by molar-refractivity contribution is -0.394. The molecule has 158 valence electrons. The monoisotopic (exact) mass is 433 g/mol. The molecule has 13 nitrogen and oxygen atoms in total. The Morgan fingerprint density at radius 3 is 2.63 bits per heavy atom. The molecule has 0 saturated heterocycles. The molecule has 3 aromatic rings. The van der Waals surface area contributed by atoms with E-state index >= 15 is 0 Å². The number of hydrogen-bond acceptors (Lipinski definition) is 10. The number of carbonyl (C=O) groups excluding carboxylic acids is 1. The maximum Gasteiger partial charge on any atom is 0.514 e. The van der Waals surface area contributed by atoms with E-state index in [9.17, 15) is 14.9 Å². The number of nitrogens with zero attached hydrogens (tertiary/aromatic N) is 8. The largest absolute Gasteiger partial charge is 0.514 e. The molecule has 3 rings (SSSR count). The van der Waals surface area contributed by atoms with Crippen molar-refractivity contribution < 1.29 is 14.5 Å². The van der Waals surface area contributed by atoms with Crippen LogP contribution in [0.1, 0.15) is 19.7 Å². The minimum Gasteiger partial charge on any atom is -0.494 e. The highest BCUT2D eigenvalue weighted by atomic mass is 32.2. The molecule has 1 N–H and O–H groups in total. The second kappa shape index (κ2) is 9.78. The minimum absolute atomic E-state index is 0.0701. The Hall–Kier alpha value is -3.55. The Bertz CT molecular complexity index is 1020. The van der Waals surface area contributed by atoms with Crippen molar-refractivity contribution in [1.82, 2.24) is 35.0 Å². The first-order valence-electron chi connectivity index (χ1n) is 9.00. The van der Waals surface area contributed by atoms with Crippen LogP contribution in [0.4, 0.5) is 11.6 Å². The second-order valence-electron chi connectivity index (χ2n) is 5.81. The molecule has 0 aliphatic carbocycles. The molecule has 0 unspecified atom stereocenters. The molecule has 0 fully saturated rings. The maximum atomic E-state index is 12.2. The number of aromatic nitrogens is 7. The van der Waals surface area contributed by atoms with Crippen LogP contribution >= 0.6 is 11.8 Å². The summed E-state index contributed by atoms with van der Waals surface area (Å²) in [5, 5.41) is 32.8. The van der Waals surface area contributed by atoms with E-state index in [1.807, 2.05) is 13.8 Å². The highest BCUT2D eigenvalue weighted by Gasteiger charge is 2.19. The highest BCUT2D eigenvalue weighted by Crippen LogP contribution is 2.19. The van der Waals surface area contributed by atoms with Crippen molar-refractivity contribution in [2.24, 2.45) is 0 Å². The topological polar surface area (TPSA) is 156 Å². The first-order chi connectivity index (χ1) is 14.5. The highest BCUT2D eigenvalue weighted by molar-refractivity contribution is 7.99. The summed E-state index contributed by atoms with van der Waals surface area (Å²) < 4.78 is 7.15. The van der Waals surface area contributed by atoms with Crippen molar-refractivity contribution in [3.05, 3.63) is 40.2 Å². The number of rotatable bonds is 10. The van der Waals surface area contributed by atoms with Gasteiger partial charge in [0.05, 0.1) is 22.6 Å². The molecule has 1 aromatic carbocycles. The van der Waals surface area contributed by atoms with Gasteiger partial charge in [-0.15, -0.1) is 10.2 Å². The standard InChI is InChI=1S/C16H19N9O4S/c1-3-23-13(9-24-21-15(19-22-24)25(27)28)18-20-16(23)30-10-14(26)17-11-5-7-12(8-6-11)29-4-2/h5-8H,3-4,9-10H2,1-2H3,(H,17,26). The zero-order valence-corrected chi connectivity index (χ0v) is 17.1. The van der Waals surface area contributed by atoms with Crippen LogP contribution in [-0.4, -0.2) is 58.2 Å². The van der Waals surface area contributed by atoms with E-state index < -0.39 is 10.9 Å². The zero-order chi connectivity index (χ0) is 21.5. The molecular formula is C16H19N9O4S. The summed E-state index contributed by atoms with van der Waals surface area (Å²) in [7, 11) is 0. The molecule has 0 saturated carbocycles. The van der Waals surface area contributed by atoms with E-state index in [0.29, 0.717) is 29.8 Å². The van der Waals surface area contributed by atoms with Gasteiger partial charge in [-0.1, -0.05) is 16.6 Å². The predicted octanol–water partition coefficient (Wildman–Crippen LogP) is 1.37. The van der Waals surface area contributed by atoms with Gasteiger partial charge < -0.3 is 24.7 Å². The number of carbonyl (C=O) groups is 1. The second-order valence-corrected chi connectivity index (χ2v) is 6.76. The minimum atomic E-state index is -0.724. The zero-order valence-electron chi connectivity index (χ0n) is 16.3. The van der Waals surface area contributed by atoms with E-state index in [-0.39, 0.29) is 18.2 Å². The quantitative estimate of drug-likeness (QED) is 0.281. The molecule has 2 heterocycles. The summed E-state index contributed by atoms with van der Waals surface area (Å²) in [6.45, 7) is 4.99. The molecule has 0 aliphatic heterocycles. The fraction of sp³-hybridized carbons (Fsp3) is 0.375. The number of anilines is 1. The Morgan fingerprint density at radius 1 is 1.23 bits per heavy atom. The van der Waals surface area contributed by atoms with Gasteiger partial charge >= 0.3 is 5.95 Å². The van der Waals surface area contributed by atoms with Crippen molar-refractivity contribution in [3.63, 3.8) is 0 Å². The Labute approximate surface area is 175 Å². The van der Waals surface area contributed by atoms with Crippen molar-refractivity contribution in [2.75, 3.05) is 17.7 Å². The number of nitrogens with one attached hydrogen (secondary N) is 1. The SMILES string of the molecule is CCOc1ccc(NC(=O)CSc2nnc(Cn3nnc([N+](=O)[O-])n3)n2CC)cc1. The molecule has 0 bridgehead atoms. The van der Waals surface area contributed by atoms with Gasteiger partial charge in [0.15, 0.2) is 11.0 Å². The molecule has 30 heavy (non-hydrogen) atoms. The fourth-order valence-electron chi connectivity index (χ4n) is 2.49. The lowest BCUT2D eigenvalue weighted by Crippen LogP contribution is -2.15. The van der Waals surface area contributed by atoms with Crippen molar-refractivity contribution in [3.8, 4) is 5.75 Å². The molecule has 0 radical (unpaired) electrons. The van der Waals surface area contributed by atoms with Gasteiger partial charge in [-0.05, 0) is 43.0 Å². The van der Waals surface area contributed by atoms with Crippen molar-refractivity contribution in [2.45, 2.75) is 32.1 Å². The molecule has 0 atom stereocenters. The third-order valence-corrected chi connectivity index (χ3v) is 4.75. The van der Waals surface area contributed by atoms with E-state index in [1.165, 1.54) is 11.8 Å². The number of ether oxygens (including phenoxy) is 1. The number of amides is 1. The first-order valence-corrected chi connectivity index (χ1v) is 9.98. The molecule has 2 aromatic heterocycles.